The van der Waals surface area contributed by atoms with E-state index in [1.165, 1.54) is 5.56 Å². The lowest BCUT2D eigenvalue weighted by Gasteiger charge is -2.08. The summed E-state index contributed by atoms with van der Waals surface area (Å²) in [6.45, 7) is 3.43. The molecule has 3 heteroatoms. The summed E-state index contributed by atoms with van der Waals surface area (Å²) in [5.74, 6) is -0.327. The molecule has 1 aromatic carbocycles. The van der Waals surface area contributed by atoms with E-state index in [-0.39, 0.29) is 11.8 Å². The fourth-order valence-electron chi connectivity index (χ4n) is 1.48. The van der Waals surface area contributed by atoms with Gasteiger partial charge in [0, 0.05) is 12.5 Å². The van der Waals surface area contributed by atoms with Crippen molar-refractivity contribution >= 4 is 5.91 Å². The minimum Gasteiger partial charge on any atom is -0.369 e. The zero-order chi connectivity index (χ0) is 11.8. The molecule has 0 bridgehead atoms. The third-order valence-electron chi connectivity index (χ3n) is 2.60. The first-order chi connectivity index (χ1) is 7.70. The van der Waals surface area contributed by atoms with Crippen molar-refractivity contribution in [3.05, 3.63) is 35.9 Å². The average Bonchev–Trinajstić information content (AvgIpc) is 2.29. The predicted molar refractivity (Wildman–Crippen MR) is 66.0 cm³/mol. The van der Waals surface area contributed by atoms with Crippen molar-refractivity contribution in [1.82, 2.24) is 5.32 Å². The molecule has 0 saturated carbocycles. The second-order valence-corrected chi connectivity index (χ2v) is 4.10. The molecule has 0 fully saturated rings. The maximum atomic E-state index is 10.8. The molecule has 0 spiro atoms. The van der Waals surface area contributed by atoms with E-state index in [1.807, 2.05) is 13.0 Å². The van der Waals surface area contributed by atoms with Gasteiger partial charge in [0.1, 0.15) is 0 Å². The van der Waals surface area contributed by atoms with Crippen LogP contribution >= 0.6 is 0 Å². The van der Waals surface area contributed by atoms with Gasteiger partial charge in [0.15, 0.2) is 0 Å². The topological polar surface area (TPSA) is 55.1 Å². The third kappa shape index (κ3) is 4.94. The van der Waals surface area contributed by atoms with Crippen molar-refractivity contribution < 1.29 is 4.79 Å². The highest BCUT2D eigenvalue weighted by Crippen LogP contribution is 2.01. The van der Waals surface area contributed by atoms with Crippen LogP contribution in [0, 0.1) is 5.92 Å². The molecule has 16 heavy (non-hydrogen) atoms. The van der Waals surface area contributed by atoms with Gasteiger partial charge in [-0.05, 0) is 24.9 Å². The molecule has 0 radical (unpaired) electrons. The predicted octanol–water partition coefficient (Wildman–Crippen LogP) is 1.33. The number of benzene rings is 1. The van der Waals surface area contributed by atoms with Crippen LogP contribution in [0.2, 0.25) is 0 Å². The maximum absolute atomic E-state index is 10.8. The van der Waals surface area contributed by atoms with Crippen LogP contribution in [-0.4, -0.2) is 19.0 Å². The number of nitrogens with one attached hydrogen (secondary N) is 1. The number of amides is 1. The molecule has 1 amide bonds. The van der Waals surface area contributed by atoms with Crippen LogP contribution in [0.15, 0.2) is 30.3 Å². The fourth-order valence-corrected chi connectivity index (χ4v) is 1.48. The molecule has 3 nitrogen and oxygen atoms in total. The Morgan fingerprint density at radius 3 is 2.69 bits per heavy atom. The third-order valence-corrected chi connectivity index (χ3v) is 2.60. The summed E-state index contributed by atoms with van der Waals surface area (Å²) in [5, 5.41) is 3.24. The molecule has 0 aliphatic rings. The summed E-state index contributed by atoms with van der Waals surface area (Å²) in [6.07, 6.45) is 2.15. The smallest absolute Gasteiger partial charge is 0.221 e. The highest BCUT2D eigenvalue weighted by Gasteiger charge is 2.06. The lowest BCUT2D eigenvalue weighted by molar-refractivity contribution is -0.121. The number of primary amides is 1. The number of carbonyl (C=O) groups is 1. The Labute approximate surface area is 97.0 Å². The van der Waals surface area contributed by atoms with E-state index >= 15 is 0 Å². The van der Waals surface area contributed by atoms with Crippen LogP contribution in [0.4, 0.5) is 0 Å². The van der Waals surface area contributed by atoms with Gasteiger partial charge in [-0.3, -0.25) is 4.79 Å². The van der Waals surface area contributed by atoms with Gasteiger partial charge in [0.2, 0.25) is 5.91 Å². The van der Waals surface area contributed by atoms with Crippen molar-refractivity contribution in [3.8, 4) is 0 Å². The summed E-state index contributed by atoms with van der Waals surface area (Å²) in [5.41, 5.74) is 6.52. The highest BCUT2D eigenvalue weighted by molar-refractivity contribution is 5.76. The molecule has 1 atom stereocenters. The number of carbonyl (C=O) groups excluding carboxylic acids is 1. The lowest BCUT2D eigenvalue weighted by atomic mass is 10.1. The van der Waals surface area contributed by atoms with E-state index < -0.39 is 0 Å². The SMILES string of the molecule is CC(CNCCCc1ccccc1)C(N)=O. The molecule has 3 N–H and O–H groups in total. The first-order valence-electron chi connectivity index (χ1n) is 5.74. The highest BCUT2D eigenvalue weighted by atomic mass is 16.1. The zero-order valence-electron chi connectivity index (χ0n) is 9.78. The number of nitrogens with two attached hydrogens (primary N) is 1. The molecular formula is C13H20N2O. The van der Waals surface area contributed by atoms with Crippen molar-refractivity contribution in [2.24, 2.45) is 11.7 Å². The molecule has 0 aliphatic carbocycles. The molecule has 1 unspecified atom stereocenters. The lowest BCUT2D eigenvalue weighted by Crippen LogP contribution is -2.31. The zero-order valence-corrected chi connectivity index (χ0v) is 9.78. The van der Waals surface area contributed by atoms with Gasteiger partial charge in [-0.1, -0.05) is 37.3 Å². The van der Waals surface area contributed by atoms with Gasteiger partial charge in [0.05, 0.1) is 0 Å². The van der Waals surface area contributed by atoms with Gasteiger partial charge >= 0.3 is 0 Å². The van der Waals surface area contributed by atoms with Gasteiger partial charge in [-0.25, -0.2) is 0 Å². The second kappa shape index (κ2) is 7.01. The monoisotopic (exact) mass is 220 g/mol. The molecule has 0 aliphatic heterocycles. The van der Waals surface area contributed by atoms with Crippen LogP contribution in [-0.2, 0) is 11.2 Å². The summed E-state index contributed by atoms with van der Waals surface area (Å²) in [4.78, 5) is 10.8. The largest absolute Gasteiger partial charge is 0.369 e. The number of rotatable bonds is 7. The van der Waals surface area contributed by atoms with E-state index in [4.69, 9.17) is 5.73 Å². The minimum absolute atomic E-state index is 0.0864. The van der Waals surface area contributed by atoms with Crippen LogP contribution in [0.25, 0.3) is 0 Å². The number of hydrogen-bond acceptors (Lipinski definition) is 2. The first kappa shape index (κ1) is 12.7. The van der Waals surface area contributed by atoms with E-state index in [2.05, 4.69) is 29.6 Å². The average molecular weight is 220 g/mol. The number of aryl methyl sites for hydroxylation is 1. The van der Waals surface area contributed by atoms with E-state index in [9.17, 15) is 4.79 Å². The molecule has 0 saturated heterocycles. The van der Waals surface area contributed by atoms with Crippen molar-refractivity contribution in [2.45, 2.75) is 19.8 Å². The fraction of sp³-hybridized carbons (Fsp3) is 0.462. The van der Waals surface area contributed by atoms with Gasteiger partial charge in [-0.2, -0.15) is 0 Å². The molecule has 1 rings (SSSR count). The normalized spacial score (nSPS) is 12.3. The van der Waals surface area contributed by atoms with Crippen molar-refractivity contribution in [3.63, 3.8) is 0 Å². The summed E-state index contributed by atoms with van der Waals surface area (Å²) in [7, 11) is 0. The summed E-state index contributed by atoms with van der Waals surface area (Å²) >= 11 is 0. The first-order valence-corrected chi connectivity index (χ1v) is 5.74. The molecule has 0 aromatic heterocycles. The van der Waals surface area contributed by atoms with Crippen molar-refractivity contribution in [1.29, 1.82) is 0 Å². The van der Waals surface area contributed by atoms with Crippen LogP contribution < -0.4 is 11.1 Å². The van der Waals surface area contributed by atoms with E-state index in [0.717, 1.165) is 19.4 Å². The quantitative estimate of drug-likeness (QED) is 0.681. The Balaban J connectivity index is 2.07. The standard InChI is InChI=1S/C13H20N2O/c1-11(13(14)16)10-15-9-5-8-12-6-3-2-4-7-12/h2-4,6-7,11,15H,5,8-10H2,1H3,(H2,14,16). The summed E-state index contributed by atoms with van der Waals surface area (Å²) in [6, 6.07) is 10.4. The minimum atomic E-state index is -0.240. The maximum Gasteiger partial charge on any atom is 0.221 e. The molecule has 0 heterocycles. The molecular weight excluding hydrogens is 200 g/mol. The number of hydrogen-bond donors (Lipinski definition) is 2. The van der Waals surface area contributed by atoms with Gasteiger partial charge in [0.25, 0.3) is 0 Å². The Morgan fingerprint density at radius 1 is 1.38 bits per heavy atom. The van der Waals surface area contributed by atoms with E-state index in [0.29, 0.717) is 6.54 Å². The van der Waals surface area contributed by atoms with Crippen LogP contribution in [0.3, 0.4) is 0 Å². The van der Waals surface area contributed by atoms with Gasteiger partial charge < -0.3 is 11.1 Å². The Hall–Kier alpha value is -1.35. The Morgan fingerprint density at radius 2 is 2.06 bits per heavy atom. The molecule has 1 aromatic rings. The van der Waals surface area contributed by atoms with E-state index in [1.54, 1.807) is 0 Å². The van der Waals surface area contributed by atoms with Crippen LogP contribution in [0.5, 0.6) is 0 Å². The summed E-state index contributed by atoms with van der Waals surface area (Å²) < 4.78 is 0. The Bertz CT molecular complexity index is 311. The van der Waals surface area contributed by atoms with Crippen LogP contribution in [0.1, 0.15) is 18.9 Å². The molecule has 88 valence electrons. The van der Waals surface area contributed by atoms with Crippen molar-refractivity contribution in [2.75, 3.05) is 13.1 Å². The van der Waals surface area contributed by atoms with Gasteiger partial charge in [-0.15, -0.1) is 0 Å². The Kier molecular flexibility index (Phi) is 5.57. The second-order valence-electron chi connectivity index (χ2n) is 4.10.